The Morgan fingerprint density at radius 1 is 1.24 bits per heavy atom. The maximum Gasteiger partial charge on any atom is 0.265 e. The molecule has 0 unspecified atom stereocenters. The first kappa shape index (κ1) is 15.1. The second kappa shape index (κ2) is 7.44. The molecule has 0 fully saturated rings. The molecule has 5 nitrogen and oxygen atoms in total. The minimum atomic E-state index is -0.175. The lowest BCUT2D eigenvalue weighted by molar-refractivity contribution is -0.122. The Labute approximate surface area is 126 Å². The van der Waals surface area contributed by atoms with Crippen molar-refractivity contribution < 1.29 is 14.3 Å². The lowest BCUT2D eigenvalue weighted by Gasteiger charge is -2.08. The van der Waals surface area contributed by atoms with Crippen molar-refractivity contribution in [1.82, 2.24) is 5.32 Å². The molecule has 21 heavy (non-hydrogen) atoms. The molecule has 1 aromatic carbocycles. The highest BCUT2D eigenvalue weighted by atomic mass is 32.1. The predicted molar refractivity (Wildman–Crippen MR) is 82.9 cm³/mol. The molecule has 0 saturated heterocycles. The Bertz CT molecular complexity index is 611. The van der Waals surface area contributed by atoms with Crippen molar-refractivity contribution >= 4 is 28.8 Å². The van der Waals surface area contributed by atoms with Gasteiger partial charge in [-0.2, -0.15) is 0 Å². The number of thiophene rings is 1. The summed E-state index contributed by atoms with van der Waals surface area (Å²) in [6.07, 6.45) is 0. The van der Waals surface area contributed by atoms with Gasteiger partial charge in [0.2, 0.25) is 0 Å². The quantitative estimate of drug-likeness (QED) is 0.861. The summed E-state index contributed by atoms with van der Waals surface area (Å²) in [5.74, 6) is 0.196. The Morgan fingerprint density at radius 3 is 2.81 bits per heavy atom. The van der Waals surface area contributed by atoms with Gasteiger partial charge in [-0.1, -0.05) is 12.1 Å². The largest absolute Gasteiger partial charge is 0.484 e. The van der Waals surface area contributed by atoms with Crippen molar-refractivity contribution in [3.8, 4) is 5.75 Å². The summed E-state index contributed by atoms with van der Waals surface area (Å²) in [7, 11) is 0. The molecule has 0 aliphatic carbocycles. The van der Waals surface area contributed by atoms with Crippen molar-refractivity contribution in [3.05, 3.63) is 46.7 Å². The molecular formula is C15H16N2O3S. The van der Waals surface area contributed by atoms with Crippen LogP contribution in [0, 0.1) is 0 Å². The first-order valence-electron chi connectivity index (χ1n) is 6.53. The molecule has 6 heteroatoms. The van der Waals surface area contributed by atoms with E-state index in [9.17, 15) is 9.59 Å². The van der Waals surface area contributed by atoms with Gasteiger partial charge < -0.3 is 15.4 Å². The van der Waals surface area contributed by atoms with Crippen LogP contribution in [-0.4, -0.2) is 25.0 Å². The van der Waals surface area contributed by atoms with Gasteiger partial charge in [0.1, 0.15) is 5.75 Å². The summed E-state index contributed by atoms with van der Waals surface area (Å²) in [5, 5.41) is 7.29. The average molecular weight is 304 g/mol. The van der Waals surface area contributed by atoms with Crippen molar-refractivity contribution in [1.29, 1.82) is 0 Å². The van der Waals surface area contributed by atoms with Gasteiger partial charge in [0.25, 0.3) is 11.8 Å². The van der Waals surface area contributed by atoms with E-state index in [1.165, 1.54) is 11.3 Å². The highest BCUT2D eigenvalue weighted by Crippen LogP contribution is 2.19. The smallest absolute Gasteiger partial charge is 0.265 e. The summed E-state index contributed by atoms with van der Waals surface area (Å²) in [4.78, 5) is 23.9. The molecule has 2 amide bonds. The van der Waals surface area contributed by atoms with Crippen LogP contribution in [0.4, 0.5) is 5.69 Å². The number of nitrogens with one attached hydrogen (secondary N) is 2. The molecule has 0 spiro atoms. The number of amides is 2. The van der Waals surface area contributed by atoms with Crippen LogP contribution in [0.5, 0.6) is 5.75 Å². The van der Waals surface area contributed by atoms with Gasteiger partial charge in [0.05, 0.1) is 4.88 Å². The van der Waals surface area contributed by atoms with E-state index in [1.54, 1.807) is 30.3 Å². The number of hydrogen-bond acceptors (Lipinski definition) is 4. The van der Waals surface area contributed by atoms with Crippen LogP contribution in [-0.2, 0) is 4.79 Å². The van der Waals surface area contributed by atoms with Crippen LogP contribution >= 0.6 is 11.3 Å². The SMILES string of the molecule is CCNC(=O)COc1cccc(NC(=O)c2cccs2)c1. The van der Waals surface area contributed by atoms with E-state index in [2.05, 4.69) is 10.6 Å². The third-order valence-electron chi connectivity index (χ3n) is 2.58. The first-order valence-corrected chi connectivity index (χ1v) is 7.41. The molecule has 2 aromatic rings. The van der Waals surface area contributed by atoms with Crippen LogP contribution in [0.3, 0.4) is 0 Å². The number of rotatable bonds is 6. The van der Waals surface area contributed by atoms with Crippen molar-refractivity contribution in [2.24, 2.45) is 0 Å². The molecule has 2 rings (SSSR count). The van der Waals surface area contributed by atoms with E-state index in [-0.39, 0.29) is 18.4 Å². The topological polar surface area (TPSA) is 67.4 Å². The molecule has 2 N–H and O–H groups in total. The van der Waals surface area contributed by atoms with Gasteiger partial charge >= 0.3 is 0 Å². The van der Waals surface area contributed by atoms with E-state index in [1.807, 2.05) is 18.4 Å². The third kappa shape index (κ3) is 4.61. The Balaban J connectivity index is 1.94. The van der Waals surface area contributed by atoms with Gasteiger partial charge in [-0.15, -0.1) is 11.3 Å². The minimum absolute atomic E-state index is 0.0455. The number of ether oxygens (including phenoxy) is 1. The minimum Gasteiger partial charge on any atom is -0.484 e. The third-order valence-corrected chi connectivity index (χ3v) is 3.45. The number of anilines is 1. The number of hydrogen-bond donors (Lipinski definition) is 2. The molecule has 1 heterocycles. The lowest BCUT2D eigenvalue weighted by Crippen LogP contribution is -2.28. The van der Waals surface area contributed by atoms with E-state index >= 15 is 0 Å². The number of benzene rings is 1. The van der Waals surface area contributed by atoms with Gasteiger partial charge in [0.15, 0.2) is 6.61 Å². The molecule has 0 saturated carbocycles. The molecule has 0 bridgehead atoms. The summed E-state index contributed by atoms with van der Waals surface area (Å²) in [6.45, 7) is 2.37. The molecule has 110 valence electrons. The van der Waals surface area contributed by atoms with Crippen LogP contribution in [0.15, 0.2) is 41.8 Å². The zero-order chi connectivity index (χ0) is 15.1. The fraction of sp³-hybridized carbons (Fsp3) is 0.200. The fourth-order valence-corrected chi connectivity index (χ4v) is 2.28. The predicted octanol–water partition coefficient (Wildman–Crippen LogP) is 2.52. The second-order valence-corrected chi connectivity index (χ2v) is 5.15. The van der Waals surface area contributed by atoms with Crippen LogP contribution in [0.1, 0.15) is 16.6 Å². The molecule has 1 aromatic heterocycles. The van der Waals surface area contributed by atoms with E-state index in [4.69, 9.17) is 4.74 Å². The zero-order valence-corrected chi connectivity index (χ0v) is 12.4. The van der Waals surface area contributed by atoms with E-state index in [0.29, 0.717) is 22.9 Å². The Hall–Kier alpha value is -2.34. The van der Waals surface area contributed by atoms with Crippen LogP contribution in [0.25, 0.3) is 0 Å². The zero-order valence-electron chi connectivity index (χ0n) is 11.6. The van der Waals surface area contributed by atoms with Crippen LogP contribution < -0.4 is 15.4 Å². The summed E-state index contributed by atoms with van der Waals surface area (Å²) in [6, 6.07) is 10.5. The Morgan fingerprint density at radius 2 is 2.10 bits per heavy atom. The number of carbonyl (C=O) groups is 2. The molecule has 0 aliphatic heterocycles. The van der Waals surface area contributed by atoms with Gasteiger partial charge in [0, 0.05) is 18.3 Å². The molecule has 0 radical (unpaired) electrons. The van der Waals surface area contributed by atoms with Crippen molar-refractivity contribution in [2.45, 2.75) is 6.92 Å². The van der Waals surface area contributed by atoms with Gasteiger partial charge in [-0.3, -0.25) is 9.59 Å². The van der Waals surface area contributed by atoms with Gasteiger partial charge in [-0.05, 0) is 30.5 Å². The van der Waals surface area contributed by atoms with E-state index in [0.717, 1.165) is 0 Å². The van der Waals surface area contributed by atoms with Crippen LogP contribution in [0.2, 0.25) is 0 Å². The Kier molecular flexibility index (Phi) is 5.34. The first-order chi connectivity index (χ1) is 10.2. The summed E-state index contributed by atoms with van der Waals surface area (Å²) >= 11 is 1.38. The molecule has 0 atom stereocenters. The second-order valence-electron chi connectivity index (χ2n) is 4.20. The summed E-state index contributed by atoms with van der Waals surface area (Å²) in [5.41, 5.74) is 0.627. The normalized spacial score (nSPS) is 9.95. The fourth-order valence-electron chi connectivity index (χ4n) is 1.66. The van der Waals surface area contributed by atoms with Gasteiger partial charge in [-0.25, -0.2) is 0 Å². The standard InChI is InChI=1S/C15H16N2O3S/c1-2-16-14(18)10-20-12-6-3-5-11(9-12)17-15(19)13-7-4-8-21-13/h3-9H,2,10H2,1H3,(H,16,18)(H,17,19). The highest BCUT2D eigenvalue weighted by molar-refractivity contribution is 7.12. The van der Waals surface area contributed by atoms with Crippen molar-refractivity contribution in [3.63, 3.8) is 0 Å². The number of carbonyl (C=O) groups excluding carboxylic acids is 2. The monoisotopic (exact) mass is 304 g/mol. The summed E-state index contributed by atoms with van der Waals surface area (Å²) < 4.78 is 5.37. The van der Waals surface area contributed by atoms with E-state index < -0.39 is 0 Å². The number of likely N-dealkylation sites (N-methyl/N-ethyl adjacent to an activating group) is 1. The molecule has 0 aliphatic rings. The highest BCUT2D eigenvalue weighted by Gasteiger charge is 2.07. The maximum atomic E-state index is 11.9. The van der Waals surface area contributed by atoms with Crippen molar-refractivity contribution in [2.75, 3.05) is 18.5 Å². The average Bonchev–Trinajstić information content (AvgIpc) is 3.00. The lowest BCUT2D eigenvalue weighted by atomic mass is 10.3. The molecular weight excluding hydrogens is 288 g/mol. The maximum absolute atomic E-state index is 11.9.